The lowest BCUT2D eigenvalue weighted by molar-refractivity contribution is -0.141. The Morgan fingerprint density at radius 1 is 0.848 bits per heavy atom. The Kier molecular flexibility index (Phi) is 13.1. The third-order valence-electron chi connectivity index (χ3n) is 4.61. The number of rotatable bonds is 15. The van der Waals surface area contributed by atoms with Crippen LogP contribution in [-0.4, -0.2) is 76.5 Å². The molecule has 0 saturated carbocycles. The lowest BCUT2D eigenvalue weighted by atomic mass is 10.0. The van der Waals surface area contributed by atoms with E-state index in [2.05, 4.69) is 20.9 Å². The van der Waals surface area contributed by atoms with Gasteiger partial charge in [-0.25, -0.2) is 0 Å². The van der Waals surface area contributed by atoms with Crippen molar-refractivity contribution in [1.29, 1.82) is 0 Å². The molecule has 0 aliphatic carbocycles. The molecule has 0 aromatic carbocycles. The van der Waals surface area contributed by atoms with E-state index < -0.39 is 60.2 Å². The van der Waals surface area contributed by atoms with Crippen molar-refractivity contribution in [2.75, 3.05) is 6.54 Å². The number of nitrogens with zero attached hydrogens (tertiary/aromatic N) is 1. The van der Waals surface area contributed by atoms with Crippen LogP contribution >= 0.6 is 0 Å². The van der Waals surface area contributed by atoms with E-state index in [4.69, 9.17) is 27.4 Å². The molecule has 0 aliphatic heterocycles. The molecule has 0 radical (unpaired) electrons. The first kappa shape index (κ1) is 29.6. The van der Waals surface area contributed by atoms with E-state index >= 15 is 0 Å². The highest BCUT2D eigenvalue weighted by molar-refractivity contribution is 5.94. The van der Waals surface area contributed by atoms with Gasteiger partial charge >= 0.3 is 11.9 Å². The largest absolute Gasteiger partial charge is 0.481 e. The number of nitrogens with two attached hydrogens (primary N) is 3. The third-order valence-corrected chi connectivity index (χ3v) is 4.61. The number of carbonyl (C=O) groups excluding carboxylic acids is 3. The molecule has 0 heterocycles. The topological polar surface area (TPSA) is 252 Å². The van der Waals surface area contributed by atoms with Gasteiger partial charge in [-0.05, 0) is 32.1 Å². The number of hydrogen-bond acceptors (Lipinski definition) is 7. The van der Waals surface area contributed by atoms with Gasteiger partial charge in [0, 0.05) is 13.0 Å². The van der Waals surface area contributed by atoms with Gasteiger partial charge in [0.25, 0.3) is 0 Å². The van der Waals surface area contributed by atoms with E-state index in [1.54, 1.807) is 13.8 Å². The second-order valence-corrected chi connectivity index (χ2v) is 7.84. The number of aliphatic carboxylic acids is 2. The molecule has 3 amide bonds. The molecule has 0 rings (SSSR count). The van der Waals surface area contributed by atoms with E-state index in [0.29, 0.717) is 0 Å². The average molecular weight is 474 g/mol. The summed E-state index contributed by atoms with van der Waals surface area (Å²) >= 11 is 0. The molecular formula is C19H35N7O7. The van der Waals surface area contributed by atoms with Gasteiger partial charge in [-0.15, -0.1) is 0 Å². The molecule has 0 bridgehead atoms. The van der Waals surface area contributed by atoms with Gasteiger partial charge in [-0.1, -0.05) is 13.8 Å². The fourth-order valence-electron chi connectivity index (χ4n) is 2.53. The van der Waals surface area contributed by atoms with Crippen LogP contribution in [0, 0.1) is 5.92 Å². The summed E-state index contributed by atoms with van der Waals surface area (Å²) in [4.78, 5) is 63.5. The second kappa shape index (κ2) is 14.6. The molecule has 4 unspecified atom stereocenters. The molecule has 11 N–H and O–H groups in total. The first-order valence-corrected chi connectivity index (χ1v) is 10.4. The average Bonchev–Trinajstić information content (AvgIpc) is 2.71. The molecule has 0 aromatic heterocycles. The lowest BCUT2D eigenvalue weighted by Crippen LogP contribution is -2.57. The Morgan fingerprint density at radius 3 is 1.85 bits per heavy atom. The summed E-state index contributed by atoms with van der Waals surface area (Å²) in [5, 5.41) is 25.1. The molecule has 0 aromatic rings. The summed E-state index contributed by atoms with van der Waals surface area (Å²) in [7, 11) is 0. The van der Waals surface area contributed by atoms with E-state index in [0.717, 1.165) is 0 Å². The number of hydrogen-bond donors (Lipinski definition) is 8. The summed E-state index contributed by atoms with van der Waals surface area (Å²) < 4.78 is 0. The van der Waals surface area contributed by atoms with Crippen LogP contribution < -0.4 is 33.2 Å². The third kappa shape index (κ3) is 12.3. The van der Waals surface area contributed by atoms with Crippen LogP contribution in [0.3, 0.4) is 0 Å². The minimum atomic E-state index is -1.27. The number of guanidine groups is 1. The minimum Gasteiger partial charge on any atom is -0.481 e. The zero-order valence-corrected chi connectivity index (χ0v) is 19.0. The molecule has 0 saturated heterocycles. The van der Waals surface area contributed by atoms with Crippen molar-refractivity contribution in [3.8, 4) is 0 Å². The van der Waals surface area contributed by atoms with Crippen LogP contribution in [0.1, 0.15) is 46.5 Å². The molecular weight excluding hydrogens is 438 g/mol. The van der Waals surface area contributed by atoms with Gasteiger partial charge in [0.1, 0.15) is 18.1 Å². The first-order chi connectivity index (χ1) is 15.3. The summed E-state index contributed by atoms with van der Waals surface area (Å²) in [5.41, 5.74) is 16.3. The number of carboxylic acid groups (broad SMARTS) is 2. The molecule has 33 heavy (non-hydrogen) atoms. The number of nitrogens with one attached hydrogen (secondary N) is 3. The number of carbonyl (C=O) groups is 5. The van der Waals surface area contributed by atoms with Gasteiger partial charge in [0.15, 0.2) is 5.96 Å². The van der Waals surface area contributed by atoms with Gasteiger partial charge < -0.3 is 43.4 Å². The van der Waals surface area contributed by atoms with Gasteiger partial charge in [-0.2, -0.15) is 0 Å². The van der Waals surface area contributed by atoms with E-state index in [-0.39, 0.29) is 37.7 Å². The van der Waals surface area contributed by atoms with Crippen LogP contribution in [-0.2, 0) is 24.0 Å². The summed E-state index contributed by atoms with van der Waals surface area (Å²) in [6.07, 6.45) is -0.355. The Morgan fingerprint density at radius 2 is 1.36 bits per heavy atom. The highest BCUT2D eigenvalue weighted by atomic mass is 16.4. The predicted molar refractivity (Wildman–Crippen MR) is 119 cm³/mol. The van der Waals surface area contributed by atoms with E-state index in [9.17, 15) is 24.0 Å². The molecule has 0 fully saturated rings. The lowest BCUT2D eigenvalue weighted by Gasteiger charge is -2.25. The van der Waals surface area contributed by atoms with Crippen molar-refractivity contribution >= 4 is 35.6 Å². The second-order valence-electron chi connectivity index (χ2n) is 7.84. The molecule has 188 valence electrons. The SMILES string of the molecule is CC(NC(=O)C(CCCN=C(N)N)NC(=O)C(CCC(=O)O)NC(=O)C(N)C(C)C)C(=O)O. The highest BCUT2D eigenvalue weighted by Crippen LogP contribution is 2.06. The van der Waals surface area contributed by atoms with Crippen molar-refractivity contribution in [3.63, 3.8) is 0 Å². The minimum absolute atomic E-state index is 0.0474. The summed E-state index contributed by atoms with van der Waals surface area (Å²) in [6.45, 7) is 4.81. The van der Waals surface area contributed by atoms with Crippen LogP contribution in [0.5, 0.6) is 0 Å². The summed E-state index contributed by atoms with van der Waals surface area (Å²) in [6, 6.07) is -4.61. The van der Waals surface area contributed by atoms with Crippen LogP contribution in [0.25, 0.3) is 0 Å². The maximum absolute atomic E-state index is 12.8. The zero-order chi connectivity index (χ0) is 25.7. The smallest absolute Gasteiger partial charge is 0.325 e. The monoisotopic (exact) mass is 473 g/mol. The fourth-order valence-corrected chi connectivity index (χ4v) is 2.53. The fraction of sp³-hybridized carbons (Fsp3) is 0.684. The highest BCUT2D eigenvalue weighted by Gasteiger charge is 2.30. The van der Waals surface area contributed by atoms with E-state index in [1.165, 1.54) is 6.92 Å². The summed E-state index contributed by atoms with van der Waals surface area (Å²) in [5.74, 6) is -5.09. The van der Waals surface area contributed by atoms with Crippen LogP contribution in [0.4, 0.5) is 0 Å². The number of amides is 3. The van der Waals surface area contributed by atoms with Gasteiger partial charge in [0.2, 0.25) is 17.7 Å². The molecule has 0 aliphatic rings. The van der Waals surface area contributed by atoms with Crippen molar-refractivity contribution < 1.29 is 34.2 Å². The quantitative estimate of drug-likeness (QED) is 0.0701. The van der Waals surface area contributed by atoms with Crippen LogP contribution in [0.15, 0.2) is 4.99 Å². The molecule has 14 nitrogen and oxygen atoms in total. The van der Waals surface area contributed by atoms with E-state index in [1.807, 2.05) is 0 Å². The van der Waals surface area contributed by atoms with Crippen molar-refractivity contribution in [3.05, 3.63) is 0 Å². The molecule has 14 heteroatoms. The Hall–Kier alpha value is -3.42. The van der Waals surface area contributed by atoms with Gasteiger partial charge in [-0.3, -0.25) is 29.0 Å². The first-order valence-electron chi connectivity index (χ1n) is 10.4. The molecule has 4 atom stereocenters. The standard InChI is InChI=1S/C19H35N7O7/c1-9(2)14(20)17(31)26-12(6-7-13(27)28)16(30)25-11(5-4-8-23-19(21)22)15(29)24-10(3)18(32)33/h9-12,14H,4-8,20H2,1-3H3,(H,24,29)(H,25,30)(H,26,31)(H,27,28)(H,32,33)(H4,21,22,23). The maximum Gasteiger partial charge on any atom is 0.325 e. The predicted octanol–water partition coefficient (Wildman–Crippen LogP) is -2.55. The Bertz CT molecular complexity index is 738. The number of carboxylic acids is 2. The molecule has 0 spiro atoms. The van der Waals surface area contributed by atoms with Gasteiger partial charge in [0.05, 0.1) is 6.04 Å². The van der Waals surface area contributed by atoms with Crippen molar-refractivity contribution in [1.82, 2.24) is 16.0 Å². The zero-order valence-electron chi connectivity index (χ0n) is 19.0. The van der Waals surface area contributed by atoms with Crippen LogP contribution in [0.2, 0.25) is 0 Å². The Labute approximate surface area is 191 Å². The Balaban J connectivity index is 5.50. The normalized spacial score (nSPS) is 14.3. The maximum atomic E-state index is 12.8. The van der Waals surface area contributed by atoms with Crippen molar-refractivity contribution in [2.24, 2.45) is 28.1 Å². The van der Waals surface area contributed by atoms with Crippen molar-refractivity contribution in [2.45, 2.75) is 70.6 Å². The number of aliphatic imine (C=N–C) groups is 1.